The minimum absolute atomic E-state index is 0.0580. The smallest absolute Gasteiger partial charge is 0.236 e. The van der Waals surface area contributed by atoms with Crippen molar-refractivity contribution >= 4 is 22.6 Å². The van der Waals surface area contributed by atoms with Gasteiger partial charge in [-0.15, -0.1) is 0 Å². The summed E-state index contributed by atoms with van der Waals surface area (Å²) in [5.41, 5.74) is 3.18. The fraction of sp³-hybridized carbons (Fsp3) is 0.304. The summed E-state index contributed by atoms with van der Waals surface area (Å²) in [5, 5.41) is 1.11. The SMILES string of the molecule is CCCCCC1C(=O)N(Cc2ccccc2)c2nc3ccccc3cc21. The Labute approximate surface area is 154 Å². The third-order valence-corrected chi connectivity index (χ3v) is 5.21. The summed E-state index contributed by atoms with van der Waals surface area (Å²) in [6, 6.07) is 20.5. The second-order valence-electron chi connectivity index (χ2n) is 7.05. The molecular weight excluding hydrogens is 320 g/mol. The van der Waals surface area contributed by atoms with Gasteiger partial charge in [0.15, 0.2) is 0 Å². The van der Waals surface area contributed by atoms with Gasteiger partial charge in [-0.3, -0.25) is 9.69 Å². The molecule has 0 saturated carbocycles. The van der Waals surface area contributed by atoms with E-state index in [0.717, 1.165) is 47.1 Å². The molecule has 1 atom stereocenters. The van der Waals surface area contributed by atoms with Gasteiger partial charge in [0.2, 0.25) is 5.91 Å². The Hall–Kier alpha value is -2.68. The summed E-state index contributed by atoms with van der Waals surface area (Å²) in [6.07, 6.45) is 4.32. The van der Waals surface area contributed by atoms with E-state index in [-0.39, 0.29) is 11.8 Å². The largest absolute Gasteiger partial charge is 0.292 e. The van der Waals surface area contributed by atoms with Crippen molar-refractivity contribution in [2.45, 2.75) is 45.1 Å². The highest BCUT2D eigenvalue weighted by molar-refractivity contribution is 6.05. The van der Waals surface area contributed by atoms with Crippen molar-refractivity contribution in [3.05, 3.63) is 71.8 Å². The van der Waals surface area contributed by atoms with Gasteiger partial charge in [-0.2, -0.15) is 0 Å². The first-order valence-corrected chi connectivity index (χ1v) is 9.53. The second kappa shape index (κ2) is 7.28. The van der Waals surface area contributed by atoms with Crippen LogP contribution in [-0.4, -0.2) is 10.9 Å². The molecule has 2 heterocycles. The number of benzene rings is 2. The molecule has 1 aliphatic heterocycles. The Morgan fingerprint density at radius 3 is 2.58 bits per heavy atom. The first kappa shape index (κ1) is 16.8. The summed E-state index contributed by atoms with van der Waals surface area (Å²) in [5.74, 6) is 0.985. The second-order valence-corrected chi connectivity index (χ2v) is 7.05. The van der Waals surface area contributed by atoms with Crippen LogP contribution in [0.2, 0.25) is 0 Å². The first-order valence-electron chi connectivity index (χ1n) is 9.53. The van der Waals surface area contributed by atoms with E-state index in [1.165, 1.54) is 6.42 Å². The Kier molecular flexibility index (Phi) is 4.70. The van der Waals surface area contributed by atoms with E-state index in [1.54, 1.807) is 0 Å². The molecule has 1 amide bonds. The van der Waals surface area contributed by atoms with Crippen LogP contribution in [0.25, 0.3) is 10.9 Å². The summed E-state index contributed by atoms with van der Waals surface area (Å²) in [6.45, 7) is 2.78. The molecule has 26 heavy (non-hydrogen) atoms. The number of carbonyl (C=O) groups excluding carboxylic acids is 1. The molecule has 0 saturated heterocycles. The summed E-state index contributed by atoms with van der Waals surface area (Å²) >= 11 is 0. The van der Waals surface area contributed by atoms with Crippen molar-refractivity contribution in [3.63, 3.8) is 0 Å². The van der Waals surface area contributed by atoms with Crippen LogP contribution < -0.4 is 4.90 Å². The van der Waals surface area contributed by atoms with Crippen LogP contribution in [0.4, 0.5) is 5.82 Å². The van der Waals surface area contributed by atoms with E-state index < -0.39 is 0 Å². The number of hydrogen-bond acceptors (Lipinski definition) is 2. The third-order valence-electron chi connectivity index (χ3n) is 5.21. The predicted molar refractivity (Wildman–Crippen MR) is 106 cm³/mol. The number of unbranched alkanes of at least 4 members (excludes halogenated alkanes) is 2. The van der Waals surface area contributed by atoms with Crippen molar-refractivity contribution in [2.24, 2.45) is 0 Å². The fourth-order valence-electron chi connectivity index (χ4n) is 3.82. The molecule has 3 heteroatoms. The molecule has 2 aromatic carbocycles. The fourth-order valence-corrected chi connectivity index (χ4v) is 3.82. The highest BCUT2D eigenvalue weighted by Gasteiger charge is 2.38. The van der Waals surface area contributed by atoms with Crippen molar-refractivity contribution in [1.82, 2.24) is 4.98 Å². The molecule has 0 spiro atoms. The number of carbonyl (C=O) groups is 1. The zero-order valence-corrected chi connectivity index (χ0v) is 15.2. The van der Waals surface area contributed by atoms with E-state index in [1.807, 2.05) is 41.3 Å². The van der Waals surface area contributed by atoms with Crippen LogP contribution >= 0.6 is 0 Å². The molecule has 0 fully saturated rings. The topological polar surface area (TPSA) is 33.2 Å². The molecule has 132 valence electrons. The maximum Gasteiger partial charge on any atom is 0.236 e. The third kappa shape index (κ3) is 3.10. The predicted octanol–water partition coefficient (Wildman–Crippen LogP) is 5.45. The van der Waals surface area contributed by atoms with Crippen LogP contribution in [0.15, 0.2) is 60.7 Å². The van der Waals surface area contributed by atoms with E-state index >= 15 is 0 Å². The molecule has 3 aromatic rings. The first-order chi connectivity index (χ1) is 12.8. The minimum atomic E-state index is -0.0580. The molecular formula is C23H24N2O. The number of nitrogens with zero attached hydrogens (tertiary/aromatic N) is 2. The Morgan fingerprint density at radius 1 is 1.00 bits per heavy atom. The van der Waals surface area contributed by atoms with Crippen molar-refractivity contribution in [2.75, 3.05) is 4.90 Å². The maximum atomic E-state index is 13.2. The van der Waals surface area contributed by atoms with Crippen LogP contribution in [0.1, 0.15) is 49.7 Å². The highest BCUT2D eigenvalue weighted by atomic mass is 16.2. The number of hydrogen-bond donors (Lipinski definition) is 0. The highest BCUT2D eigenvalue weighted by Crippen LogP contribution is 2.41. The summed E-state index contributed by atoms with van der Waals surface area (Å²) in [7, 11) is 0. The van der Waals surface area contributed by atoms with Gasteiger partial charge in [-0.05, 0) is 24.1 Å². The molecule has 4 rings (SSSR count). The standard InChI is InChI=1S/C23H24N2O/c1-2-3-5-13-19-20-15-18-12-8-9-14-21(18)24-22(20)25(23(19)26)16-17-10-6-4-7-11-17/h4,6-12,14-15,19H,2-3,5,13,16H2,1H3. The quantitative estimate of drug-likeness (QED) is 0.557. The number of para-hydroxylation sites is 1. The molecule has 0 radical (unpaired) electrons. The van der Waals surface area contributed by atoms with Crippen molar-refractivity contribution < 1.29 is 4.79 Å². The number of rotatable bonds is 6. The lowest BCUT2D eigenvalue weighted by molar-refractivity contribution is -0.119. The molecule has 0 N–H and O–H groups in total. The molecule has 1 aromatic heterocycles. The average molecular weight is 344 g/mol. The normalized spacial score (nSPS) is 16.3. The zero-order chi connectivity index (χ0) is 17.9. The van der Waals surface area contributed by atoms with Gasteiger partial charge >= 0.3 is 0 Å². The minimum Gasteiger partial charge on any atom is -0.292 e. The monoisotopic (exact) mass is 344 g/mol. The molecule has 3 nitrogen and oxygen atoms in total. The number of pyridine rings is 1. The Morgan fingerprint density at radius 2 is 1.77 bits per heavy atom. The Balaban J connectivity index is 1.74. The lowest BCUT2D eigenvalue weighted by Crippen LogP contribution is -2.28. The molecule has 0 aliphatic carbocycles. The van der Waals surface area contributed by atoms with Gasteiger partial charge in [-0.25, -0.2) is 4.98 Å². The van der Waals surface area contributed by atoms with Gasteiger partial charge in [-0.1, -0.05) is 74.7 Å². The Bertz CT molecular complexity index is 920. The number of fused-ring (bicyclic) bond motifs is 2. The lowest BCUT2D eigenvalue weighted by Gasteiger charge is -2.17. The van der Waals surface area contributed by atoms with Gasteiger partial charge < -0.3 is 0 Å². The van der Waals surface area contributed by atoms with Crippen molar-refractivity contribution in [1.29, 1.82) is 0 Å². The van der Waals surface area contributed by atoms with Crippen LogP contribution in [0.3, 0.4) is 0 Å². The number of amides is 1. The van der Waals surface area contributed by atoms with Gasteiger partial charge in [0.05, 0.1) is 18.0 Å². The number of anilines is 1. The number of aromatic nitrogens is 1. The zero-order valence-electron chi connectivity index (χ0n) is 15.2. The van der Waals surface area contributed by atoms with E-state index in [2.05, 4.69) is 31.2 Å². The van der Waals surface area contributed by atoms with Crippen LogP contribution in [0.5, 0.6) is 0 Å². The average Bonchev–Trinajstić information content (AvgIpc) is 2.92. The van der Waals surface area contributed by atoms with Gasteiger partial charge in [0.1, 0.15) is 5.82 Å². The summed E-state index contributed by atoms with van der Waals surface area (Å²) < 4.78 is 0. The van der Waals surface area contributed by atoms with Crippen LogP contribution in [-0.2, 0) is 11.3 Å². The molecule has 1 aliphatic rings. The molecule has 1 unspecified atom stereocenters. The molecule has 0 bridgehead atoms. The van der Waals surface area contributed by atoms with Crippen molar-refractivity contribution in [3.8, 4) is 0 Å². The van der Waals surface area contributed by atoms with Gasteiger partial charge in [0.25, 0.3) is 0 Å². The van der Waals surface area contributed by atoms with Gasteiger partial charge in [0, 0.05) is 10.9 Å². The van der Waals surface area contributed by atoms with E-state index in [9.17, 15) is 4.79 Å². The van der Waals surface area contributed by atoms with E-state index in [4.69, 9.17) is 4.98 Å². The van der Waals surface area contributed by atoms with E-state index in [0.29, 0.717) is 6.54 Å². The summed E-state index contributed by atoms with van der Waals surface area (Å²) in [4.78, 5) is 20.0. The van der Waals surface area contributed by atoms with Crippen LogP contribution in [0, 0.1) is 0 Å². The maximum absolute atomic E-state index is 13.2. The lowest BCUT2D eigenvalue weighted by atomic mass is 9.94.